The van der Waals surface area contributed by atoms with Gasteiger partial charge in [0.25, 0.3) is 5.91 Å². The summed E-state index contributed by atoms with van der Waals surface area (Å²) >= 11 is 5.81. The van der Waals surface area contributed by atoms with Crippen LogP contribution in [0.4, 0.5) is 5.69 Å². The maximum absolute atomic E-state index is 11.6. The van der Waals surface area contributed by atoms with E-state index in [1.165, 1.54) is 6.08 Å². The average molecular weight is 489 g/mol. The van der Waals surface area contributed by atoms with Crippen LogP contribution >= 0.6 is 11.6 Å². The van der Waals surface area contributed by atoms with E-state index in [0.717, 1.165) is 36.8 Å². The van der Waals surface area contributed by atoms with Gasteiger partial charge in [-0.1, -0.05) is 30.2 Å². The number of hydrogen-bond acceptors (Lipinski definition) is 8. The van der Waals surface area contributed by atoms with Gasteiger partial charge in [-0.25, -0.2) is 0 Å². The maximum Gasteiger partial charge on any atom is 0.266 e. The van der Waals surface area contributed by atoms with Gasteiger partial charge in [-0.2, -0.15) is 5.10 Å². The summed E-state index contributed by atoms with van der Waals surface area (Å²) in [5.74, 6) is -0.912. The molecule has 34 heavy (non-hydrogen) atoms. The van der Waals surface area contributed by atoms with Crippen LogP contribution in [0.3, 0.4) is 0 Å². The van der Waals surface area contributed by atoms with Gasteiger partial charge in [-0.3, -0.25) is 9.48 Å². The number of nitrogens with one attached hydrogen (secondary N) is 1. The van der Waals surface area contributed by atoms with Gasteiger partial charge >= 0.3 is 0 Å². The number of hydrogen-bond donors (Lipinski definition) is 4. The summed E-state index contributed by atoms with van der Waals surface area (Å²) in [5.41, 5.74) is 18.9. The van der Waals surface area contributed by atoms with Crippen LogP contribution in [0.15, 0.2) is 53.2 Å². The van der Waals surface area contributed by atoms with Gasteiger partial charge in [0, 0.05) is 23.7 Å². The first kappa shape index (κ1) is 23.9. The third kappa shape index (κ3) is 4.70. The topological polar surface area (TPSA) is 153 Å². The maximum atomic E-state index is 11.6. The first-order chi connectivity index (χ1) is 16.3. The van der Waals surface area contributed by atoms with Crippen molar-refractivity contribution < 1.29 is 19.0 Å². The SMILES string of the molecule is COc1c(NC(/C=C(\N)Cl)=C(/N)C(N)=O)cccc1-c1cnn(C2CCCCC23OCCO3)c1. The molecular formula is C23H29ClN6O4. The number of para-hydroxylation sites is 1. The van der Waals surface area contributed by atoms with Crippen LogP contribution < -0.4 is 27.3 Å². The number of carbonyl (C=O) groups is 1. The van der Waals surface area contributed by atoms with Crippen molar-refractivity contribution in [3.8, 4) is 16.9 Å². The van der Waals surface area contributed by atoms with Crippen molar-refractivity contribution in [2.45, 2.75) is 37.5 Å². The smallest absolute Gasteiger partial charge is 0.266 e. The van der Waals surface area contributed by atoms with Crippen molar-refractivity contribution in [1.82, 2.24) is 9.78 Å². The summed E-state index contributed by atoms with van der Waals surface area (Å²) in [7, 11) is 1.55. The van der Waals surface area contributed by atoms with Crippen molar-refractivity contribution in [2.24, 2.45) is 17.2 Å². The number of aromatic nitrogens is 2. The lowest BCUT2D eigenvalue weighted by Crippen LogP contribution is -2.43. The van der Waals surface area contributed by atoms with Crippen molar-refractivity contribution >= 4 is 23.2 Å². The second-order valence-corrected chi connectivity index (χ2v) is 8.65. The minimum atomic E-state index is -0.814. The highest BCUT2D eigenvalue weighted by atomic mass is 35.5. The Morgan fingerprint density at radius 2 is 2.06 bits per heavy atom. The van der Waals surface area contributed by atoms with Crippen LogP contribution in [-0.4, -0.2) is 41.8 Å². The molecule has 2 aromatic rings. The molecule has 2 heterocycles. The standard InChI is InChI=1S/C23H29ClN6O4/c1-32-21-15(5-4-6-16(21)29-17(11-19(24)25)20(26)22(27)31)14-12-28-30(13-14)18-7-2-3-8-23(18)33-9-10-34-23/h4-6,11-13,18,29H,2-3,7-10,25-26H2,1H3,(H2,27,31)/b19-11-,20-17+. The number of benzene rings is 1. The highest BCUT2D eigenvalue weighted by Gasteiger charge is 2.47. The second-order valence-electron chi connectivity index (χ2n) is 8.21. The zero-order valence-corrected chi connectivity index (χ0v) is 19.7. The van der Waals surface area contributed by atoms with E-state index in [1.807, 2.05) is 23.0 Å². The normalized spacial score (nSPS) is 20.8. The summed E-state index contributed by atoms with van der Waals surface area (Å²) in [6.45, 7) is 1.19. The fraction of sp³-hybridized carbons (Fsp3) is 0.391. The molecule has 2 fully saturated rings. The summed E-state index contributed by atoms with van der Waals surface area (Å²) in [6, 6.07) is 5.52. The van der Waals surface area contributed by atoms with Gasteiger partial charge < -0.3 is 36.7 Å². The van der Waals surface area contributed by atoms with E-state index in [-0.39, 0.29) is 22.6 Å². The number of nitrogens with zero attached hydrogens (tertiary/aromatic N) is 2. The summed E-state index contributed by atoms with van der Waals surface area (Å²) in [5, 5.41) is 7.62. The Bertz CT molecular complexity index is 1120. The van der Waals surface area contributed by atoms with Gasteiger partial charge in [0.2, 0.25) is 0 Å². The lowest BCUT2D eigenvalue weighted by Gasteiger charge is -2.39. The predicted octanol–water partition coefficient (Wildman–Crippen LogP) is 2.52. The number of anilines is 1. The Hall–Kier alpha value is -3.21. The number of rotatable bonds is 7. The van der Waals surface area contributed by atoms with Crippen LogP contribution in [0.1, 0.15) is 31.7 Å². The summed E-state index contributed by atoms with van der Waals surface area (Å²) in [4.78, 5) is 11.6. The molecule has 4 rings (SSSR count). The van der Waals surface area contributed by atoms with E-state index in [1.54, 1.807) is 19.4 Å². The quantitative estimate of drug-likeness (QED) is 0.263. The zero-order chi connectivity index (χ0) is 24.3. The molecule has 182 valence electrons. The largest absolute Gasteiger partial charge is 0.494 e. The fourth-order valence-corrected chi connectivity index (χ4v) is 4.67. The molecule has 1 aliphatic carbocycles. The lowest BCUT2D eigenvalue weighted by atomic mass is 9.89. The van der Waals surface area contributed by atoms with Gasteiger partial charge in [-0.05, 0) is 25.0 Å². The molecule has 11 heteroatoms. The number of methoxy groups -OCH3 is 1. The molecule has 1 amide bonds. The van der Waals surface area contributed by atoms with Crippen molar-refractivity contribution in [1.29, 1.82) is 0 Å². The Balaban J connectivity index is 1.69. The Morgan fingerprint density at radius 3 is 2.74 bits per heavy atom. The lowest BCUT2D eigenvalue weighted by molar-refractivity contribution is -0.208. The molecule has 1 saturated carbocycles. The van der Waals surface area contributed by atoms with E-state index in [2.05, 4.69) is 10.4 Å². The van der Waals surface area contributed by atoms with Crippen molar-refractivity contribution in [2.75, 3.05) is 25.6 Å². The number of allylic oxidation sites excluding steroid dienone is 1. The third-order valence-electron chi connectivity index (χ3n) is 6.09. The van der Waals surface area contributed by atoms with E-state index < -0.39 is 11.7 Å². The van der Waals surface area contributed by atoms with Crippen LogP contribution in [0.5, 0.6) is 5.75 Å². The molecule has 1 aromatic carbocycles. The molecule has 1 aliphatic heterocycles. The number of carbonyl (C=O) groups excluding carboxylic acids is 1. The molecule has 1 saturated heterocycles. The molecule has 1 atom stereocenters. The predicted molar refractivity (Wildman–Crippen MR) is 129 cm³/mol. The molecule has 1 spiro atoms. The fourth-order valence-electron chi connectivity index (χ4n) is 4.56. The molecule has 1 aromatic heterocycles. The second kappa shape index (κ2) is 9.96. The third-order valence-corrected chi connectivity index (χ3v) is 6.20. The molecule has 0 bridgehead atoms. The number of primary amides is 1. The summed E-state index contributed by atoms with van der Waals surface area (Å²) in [6.07, 6.45) is 8.99. The Labute approximate surface area is 202 Å². The van der Waals surface area contributed by atoms with Crippen molar-refractivity contribution in [3.05, 3.63) is 53.2 Å². The van der Waals surface area contributed by atoms with Crippen LogP contribution in [0.25, 0.3) is 11.1 Å². The van der Waals surface area contributed by atoms with E-state index in [0.29, 0.717) is 24.7 Å². The molecule has 10 nitrogen and oxygen atoms in total. The number of amides is 1. The van der Waals surface area contributed by atoms with Gasteiger partial charge in [0.05, 0.1) is 37.9 Å². The van der Waals surface area contributed by atoms with E-state index in [4.69, 9.17) is 43.0 Å². The van der Waals surface area contributed by atoms with Gasteiger partial charge in [0.15, 0.2) is 5.79 Å². The van der Waals surface area contributed by atoms with Crippen molar-refractivity contribution in [3.63, 3.8) is 0 Å². The first-order valence-electron chi connectivity index (χ1n) is 11.0. The number of halogens is 1. The van der Waals surface area contributed by atoms with Gasteiger partial charge in [0.1, 0.15) is 22.6 Å². The van der Waals surface area contributed by atoms with E-state index >= 15 is 0 Å². The summed E-state index contributed by atoms with van der Waals surface area (Å²) < 4.78 is 19.7. The highest BCUT2D eigenvalue weighted by Crippen LogP contribution is 2.44. The molecule has 0 radical (unpaired) electrons. The monoisotopic (exact) mass is 488 g/mol. The first-order valence-corrected chi connectivity index (χ1v) is 11.4. The van der Waals surface area contributed by atoms with Crippen LogP contribution in [-0.2, 0) is 14.3 Å². The van der Waals surface area contributed by atoms with E-state index in [9.17, 15) is 4.79 Å². The minimum Gasteiger partial charge on any atom is -0.494 e. The molecule has 1 unspecified atom stereocenters. The molecule has 7 N–H and O–H groups in total. The van der Waals surface area contributed by atoms with Gasteiger partial charge in [-0.15, -0.1) is 0 Å². The molecule has 2 aliphatic rings. The van der Waals surface area contributed by atoms with Crippen LogP contribution in [0.2, 0.25) is 0 Å². The minimum absolute atomic E-state index is 0.00784. The zero-order valence-electron chi connectivity index (χ0n) is 18.9. The van der Waals surface area contributed by atoms with Crippen LogP contribution in [0, 0.1) is 0 Å². The average Bonchev–Trinajstić information content (AvgIpc) is 3.48. The highest BCUT2D eigenvalue weighted by molar-refractivity contribution is 6.29. The Kier molecular flexibility index (Phi) is 7.01. The molecular weight excluding hydrogens is 460 g/mol. The number of nitrogens with two attached hydrogens (primary N) is 3. The number of ether oxygens (including phenoxy) is 3. The Morgan fingerprint density at radius 1 is 1.29 bits per heavy atom.